The quantitative estimate of drug-likeness (QED) is 0.447. The molecule has 0 amide bonds. The number of halogens is 1. The van der Waals surface area contributed by atoms with Crippen molar-refractivity contribution >= 4 is 21.6 Å². The van der Waals surface area contributed by atoms with E-state index in [2.05, 4.69) is 28.1 Å². The van der Waals surface area contributed by atoms with Crippen LogP contribution >= 0.6 is 15.9 Å². The van der Waals surface area contributed by atoms with Crippen molar-refractivity contribution in [1.82, 2.24) is 0 Å². The van der Waals surface area contributed by atoms with Crippen molar-refractivity contribution in [3.63, 3.8) is 0 Å². The van der Waals surface area contributed by atoms with E-state index in [9.17, 15) is 10.1 Å². The van der Waals surface area contributed by atoms with Gasteiger partial charge >= 0.3 is 0 Å². The predicted octanol–water partition coefficient (Wildman–Crippen LogP) is 4.37. The van der Waals surface area contributed by atoms with Crippen molar-refractivity contribution in [2.24, 2.45) is 0 Å². The van der Waals surface area contributed by atoms with Gasteiger partial charge in [-0.15, -0.1) is 0 Å². The molecular weight excluding hydrogens is 322 g/mol. The zero-order valence-electron chi connectivity index (χ0n) is 10.8. The van der Waals surface area contributed by atoms with Crippen LogP contribution in [0.1, 0.15) is 12.0 Å². The van der Waals surface area contributed by atoms with Crippen LogP contribution in [0.3, 0.4) is 0 Å². The SMILES string of the molecule is O=[N+]([O-])c1ccc(Br)c(OCCCc2ccccc2)c1. The summed E-state index contributed by atoms with van der Waals surface area (Å²) in [4.78, 5) is 10.3. The second kappa shape index (κ2) is 7.05. The van der Waals surface area contributed by atoms with E-state index in [0.29, 0.717) is 12.4 Å². The summed E-state index contributed by atoms with van der Waals surface area (Å²) in [7, 11) is 0. The van der Waals surface area contributed by atoms with Gasteiger partial charge in [0.1, 0.15) is 5.75 Å². The third-order valence-corrected chi connectivity index (χ3v) is 3.49. The molecule has 0 unspecified atom stereocenters. The number of hydrogen-bond acceptors (Lipinski definition) is 3. The Balaban J connectivity index is 1.88. The highest BCUT2D eigenvalue weighted by atomic mass is 79.9. The summed E-state index contributed by atoms with van der Waals surface area (Å²) in [6, 6.07) is 14.7. The standard InChI is InChI=1S/C15H14BrNO3/c16-14-9-8-13(17(18)19)11-15(14)20-10-4-7-12-5-2-1-3-6-12/h1-3,5-6,8-9,11H,4,7,10H2. The van der Waals surface area contributed by atoms with Gasteiger partial charge in [-0.3, -0.25) is 10.1 Å². The van der Waals surface area contributed by atoms with Gasteiger partial charge in [0.2, 0.25) is 0 Å². The number of rotatable bonds is 6. The first-order chi connectivity index (χ1) is 9.66. The number of ether oxygens (including phenoxy) is 1. The molecule has 0 radical (unpaired) electrons. The molecule has 0 aromatic heterocycles. The maximum absolute atomic E-state index is 10.7. The van der Waals surface area contributed by atoms with Gasteiger partial charge in [0.05, 0.1) is 22.1 Å². The Kier molecular flexibility index (Phi) is 5.12. The summed E-state index contributed by atoms with van der Waals surface area (Å²) in [6.45, 7) is 0.522. The van der Waals surface area contributed by atoms with Crippen LogP contribution in [0.2, 0.25) is 0 Å². The van der Waals surface area contributed by atoms with Crippen LogP contribution in [0.4, 0.5) is 5.69 Å². The summed E-state index contributed by atoms with van der Waals surface area (Å²) < 4.78 is 6.32. The summed E-state index contributed by atoms with van der Waals surface area (Å²) in [5.74, 6) is 0.507. The number of benzene rings is 2. The Hall–Kier alpha value is -1.88. The van der Waals surface area contributed by atoms with Crippen LogP contribution in [0.25, 0.3) is 0 Å². The fourth-order valence-corrected chi connectivity index (χ4v) is 2.18. The molecule has 0 heterocycles. The second-order valence-electron chi connectivity index (χ2n) is 4.31. The average Bonchev–Trinajstić information content (AvgIpc) is 2.46. The third kappa shape index (κ3) is 4.06. The van der Waals surface area contributed by atoms with E-state index in [0.717, 1.165) is 17.3 Å². The van der Waals surface area contributed by atoms with Gasteiger partial charge in [0.15, 0.2) is 0 Å². The van der Waals surface area contributed by atoms with Gasteiger partial charge in [-0.05, 0) is 40.4 Å². The topological polar surface area (TPSA) is 52.4 Å². The molecule has 0 saturated heterocycles. The lowest BCUT2D eigenvalue weighted by Gasteiger charge is -2.08. The first-order valence-corrected chi connectivity index (χ1v) is 7.07. The number of nitro benzene ring substituents is 1. The molecule has 0 spiro atoms. The molecule has 20 heavy (non-hydrogen) atoms. The minimum atomic E-state index is -0.427. The fraction of sp³-hybridized carbons (Fsp3) is 0.200. The van der Waals surface area contributed by atoms with Gasteiger partial charge in [-0.2, -0.15) is 0 Å². The normalized spacial score (nSPS) is 10.2. The molecule has 4 nitrogen and oxygen atoms in total. The summed E-state index contributed by atoms with van der Waals surface area (Å²) >= 11 is 3.33. The van der Waals surface area contributed by atoms with E-state index in [1.54, 1.807) is 6.07 Å². The van der Waals surface area contributed by atoms with E-state index >= 15 is 0 Å². The van der Waals surface area contributed by atoms with Crippen LogP contribution in [-0.2, 0) is 6.42 Å². The molecule has 0 saturated carbocycles. The van der Waals surface area contributed by atoms with Crippen molar-refractivity contribution < 1.29 is 9.66 Å². The highest BCUT2D eigenvalue weighted by molar-refractivity contribution is 9.10. The summed E-state index contributed by atoms with van der Waals surface area (Å²) in [6.07, 6.45) is 1.78. The first-order valence-electron chi connectivity index (χ1n) is 6.27. The molecule has 104 valence electrons. The van der Waals surface area contributed by atoms with E-state index in [4.69, 9.17) is 4.74 Å². The molecule has 2 rings (SSSR count). The molecule has 0 bridgehead atoms. The van der Waals surface area contributed by atoms with Crippen LogP contribution < -0.4 is 4.74 Å². The van der Waals surface area contributed by atoms with Gasteiger partial charge in [0.25, 0.3) is 5.69 Å². The van der Waals surface area contributed by atoms with Crippen LogP contribution in [0.5, 0.6) is 5.75 Å². The molecule has 0 fully saturated rings. The number of nitrogens with zero attached hydrogens (tertiary/aromatic N) is 1. The monoisotopic (exact) mass is 335 g/mol. The first kappa shape index (κ1) is 14.5. The number of aryl methyl sites for hydroxylation is 1. The largest absolute Gasteiger partial charge is 0.492 e. The Morgan fingerprint density at radius 2 is 1.90 bits per heavy atom. The van der Waals surface area contributed by atoms with Crippen molar-refractivity contribution in [2.75, 3.05) is 6.61 Å². The molecule has 0 N–H and O–H groups in total. The number of hydrogen-bond donors (Lipinski definition) is 0. The maximum atomic E-state index is 10.7. The molecular formula is C15H14BrNO3. The molecule has 0 atom stereocenters. The molecule has 5 heteroatoms. The molecule has 0 aliphatic heterocycles. The number of non-ortho nitro benzene ring substituents is 1. The maximum Gasteiger partial charge on any atom is 0.273 e. The van der Waals surface area contributed by atoms with Crippen LogP contribution in [0, 0.1) is 10.1 Å². The van der Waals surface area contributed by atoms with Gasteiger partial charge in [-0.25, -0.2) is 0 Å². The molecule has 0 aliphatic rings. The van der Waals surface area contributed by atoms with Crippen LogP contribution in [-0.4, -0.2) is 11.5 Å². The minimum absolute atomic E-state index is 0.0336. The fourth-order valence-electron chi connectivity index (χ4n) is 1.82. The molecule has 2 aromatic carbocycles. The Morgan fingerprint density at radius 3 is 2.60 bits per heavy atom. The lowest BCUT2D eigenvalue weighted by atomic mass is 10.1. The predicted molar refractivity (Wildman–Crippen MR) is 81.1 cm³/mol. The zero-order chi connectivity index (χ0) is 14.4. The van der Waals surface area contributed by atoms with Crippen molar-refractivity contribution in [1.29, 1.82) is 0 Å². The third-order valence-electron chi connectivity index (χ3n) is 2.84. The number of nitro groups is 1. The molecule has 0 aliphatic carbocycles. The Morgan fingerprint density at radius 1 is 1.15 bits per heavy atom. The highest BCUT2D eigenvalue weighted by Crippen LogP contribution is 2.29. The lowest BCUT2D eigenvalue weighted by molar-refractivity contribution is -0.385. The van der Waals surface area contributed by atoms with Gasteiger partial charge in [-0.1, -0.05) is 30.3 Å². The smallest absolute Gasteiger partial charge is 0.273 e. The Labute approximate surface area is 125 Å². The Bertz CT molecular complexity index is 587. The lowest BCUT2D eigenvalue weighted by Crippen LogP contribution is -2.00. The van der Waals surface area contributed by atoms with Gasteiger partial charge in [0, 0.05) is 6.07 Å². The summed E-state index contributed by atoms with van der Waals surface area (Å²) in [5.41, 5.74) is 1.29. The van der Waals surface area contributed by atoms with E-state index in [1.807, 2.05) is 18.2 Å². The van der Waals surface area contributed by atoms with Gasteiger partial charge < -0.3 is 4.74 Å². The van der Waals surface area contributed by atoms with E-state index in [-0.39, 0.29) is 5.69 Å². The molecule has 2 aromatic rings. The van der Waals surface area contributed by atoms with Crippen LogP contribution in [0.15, 0.2) is 53.0 Å². The minimum Gasteiger partial charge on any atom is -0.492 e. The van der Waals surface area contributed by atoms with E-state index < -0.39 is 4.92 Å². The zero-order valence-corrected chi connectivity index (χ0v) is 12.4. The second-order valence-corrected chi connectivity index (χ2v) is 5.16. The average molecular weight is 336 g/mol. The van der Waals surface area contributed by atoms with E-state index in [1.165, 1.54) is 17.7 Å². The highest BCUT2D eigenvalue weighted by Gasteiger charge is 2.10. The van der Waals surface area contributed by atoms with Crippen molar-refractivity contribution in [3.05, 3.63) is 68.7 Å². The van der Waals surface area contributed by atoms with Crippen molar-refractivity contribution in [3.8, 4) is 5.75 Å². The van der Waals surface area contributed by atoms with Crippen molar-refractivity contribution in [2.45, 2.75) is 12.8 Å². The summed E-state index contributed by atoms with van der Waals surface area (Å²) in [5, 5.41) is 10.7.